The van der Waals surface area contributed by atoms with Crippen LogP contribution in [0, 0.1) is 5.41 Å². The van der Waals surface area contributed by atoms with Gasteiger partial charge in [0.2, 0.25) is 0 Å². The molecule has 20 nitrogen and oxygen atoms in total. The summed E-state index contributed by atoms with van der Waals surface area (Å²) in [6.07, 6.45) is 0. The van der Waals surface area contributed by atoms with Gasteiger partial charge >= 0.3 is 47.8 Å². The summed E-state index contributed by atoms with van der Waals surface area (Å²) >= 11 is 0. The minimum absolute atomic E-state index is 0.0833. The van der Waals surface area contributed by atoms with Gasteiger partial charge in [-0.3, -0.25) is 0 Å². The molecule has 0 aromatic heterocycles. The second-order valence-electron chi connectivity index (χ2n) is 10.9. The Morgan fingerprint density at radius 3 is 0.386 bits per heavy atom. The number of aromatic carboxylic acids is 8. The standard InChI is InChI=1S/4C8H6O4.C5H12O4/c4*9-7(10)5-1-2-6(4-3-5)8(11)12;6-1-5(2-7,3-8)4-9/h4*1-4H,(H,9,10)(H,11,12);6-9H,1-4H2. The zero-order chi connectivity index (χ0) is 43.9. The van der Waals surface area contributed by atoms with Gasteiger partial charge in [-0.05, 0) is 97.1 Å². The molecule has 57 heavy (non-hydrogen) atoms. The van der Waals surface area contributed by atoms with E-state index in [1.807, 2.05) is 0 Å². The fourth-order valence-corrected chi connectivity index (χ4v) is 3.32. The van der Waals surface area contributed by atoms with Crippen LogP contribution >= 0.6 is 0 Å². The average Bonchev–Trinajstić information content (AvgIpc) is 3.20. The van der Waals surface area contributed by atoms with E-state index in [-0.39, 0.29) is 44.5 Å². The van der Waals surface area contributed by atoms with Crippen molar-refractivity contribution in [2.75, 3.05) is 26.4 Å². The van der Waals surface area contributed by atoms with Crippen molar-refractivity contribution in [3.8, 4) is 0 Å². The summed E-state index contributed by atoms with van der Waals surface area (Å²) in [5.41, 5.74) is -0.444. The number of rotatable bonds is 12. The first kappa shape index (κ1) is 49.5. The van der Waals surface area contributed by atoms with Crippen molar-refractivity contribution in [3.63, 3.8) is 0 Å². The van der Waals surface area contributed by atoms with Crippen molar-refractivity contribution in [1.82, 2.24) is 0 Å². The average molecular weight is 801 g/mol. The highest BCUT2D eigenvalue weighted by molar-refractivity contribution is 5.93. The van der Waals surface area contributed by atoms with E-state index < -0.39 is 79.6 Å². The predicted octanol–water partition coefficient (Wildman–Crippen LogP) is 2.27. The smallest absolute Gasteiger partial charge is 0.335 e. The molecule has 12 N–H and O–H groups in total. The largest absolute Gasteiger partial charge is 0.478 e. The van der Waals surface area contributed by atoms with Gasteiger partial charge in [-0.25, -0.2) is 38.4 Å². The molecule has 0 radical (unpaired) electrons. The summed E-state index contributed by atoms with van der Waals surface area (Å²) in [6.45, 7) is -1.62. The van der Waals surface area contributed by atoms with Gasteiger partial charge in [0.15, 0.2) is 0 Å². The third kappa shape index (κ3) is 17.9. The number of hydrogen-bond acceptors (Lipinski definition) is 12. The van der Waals surface area contributed by atoms with Crippen LogP contribution in [0.5, 0.6) is 0 Å². The van der Waals surface area contributed by atoms with Crippen LogP contribution in [0.1, 0.15) is 82.9 Å². The molecule has 304 valence electrons. The van der Waals surface area contributed by atoms with E-state index in [1.54, 1.807) is 0 Å². The lowest BCUT2D eigenvalue weighted by Crippen LogP contribution is -2.37. The molecule has 4 aromatic carbocycles. The first-order valence-corrected chi connectivity index (χ1v) is 15.4. The zero-order valence-corrected chi connectivity index (χ0v) is 29.2. The summed E-state index contributed by atoms with van der Waals surface area (Å²) in [7, 11) is 0. The van der Waals surface area contributed by atoms with Crippen LogP contribution in [-0.4, -0.2) is 135 Å². The van der Waals surface area contributed by atoms with Crippen molar-refractivity contribution in [2.24, 2.45) is 5.41 Å². The summed E-state index contributed by atoms with van der Waals surface area (Å²) < 4.78 is 0. The Labute approximate surface area is 320 Å². The van der Waals surface area contributed by atoms with Crippen LogP contribution in [0.15, 0.2) is 97.1 Å². The first-order chi connectivity index (χ1) is 26.7. The molecule has 0 unspecified atom stereocenters. The molecule has 0 aliphatic carbocycles. The number of carbonyl (C=O) groups is 8. The molecule has 4 rings (SSSR count). The molecule has 0 saturated carbocycles. The fraction of sp³-hybridized carbons (Fsp3) is 0.135. The van der Waals surface area contributed by atoms with E-state index in [9.17, 15) is 38.4 Å². The molecule has 0 atom stereocenters. The van der Waals surface area contributed by atoms with Crippen LogP contribution in [0.4, 0.5) is 0 Å². The van der Waals surface area contributed by atoms with Gasteiger partial charge in [0.1, 0.15) is 0 Å². The van der Waals surface area contributed by atoms with E-state index in [1.165, 1.54) is 97.1 Å². The minimum Gasteiger partial charge on any atom is -0.478 e. The summed E-state index contributed by atoms with van der Waals surface area (Å²) in [5, 5.41) is 102. The molecule has 0 fully saturated rings. The normalized spacial score (nSPS) is 9.75. The Kier molecular flexibility index (Phi) is 21.5. The van der Waals surface area contributed by atoms with Gasteiger partial charge in [0.25, 0.3) is 0 Å². The fourth-order valence-electron chi connectivity index (χ4n) is 3.32. The number of carboxylic acids is 8. The van der Waals surface area contributed by atoms with Crippen molar-refractivity contribution in [2.45, 2.75) is 0 Å². The summed E-state index contributed by atoms with van der Waals surface area (Å²) in [4.78, 5) is 82.7. The monoisotopic (exact) mass is 800 g/mol. The minimum atomic E-state index is -1.11. The van der Waals surface area contributed by atoms with Gasteiger partial charge < -0.3 is 61.3 Å². The maximum atomic E-state index is 10.3. The predicted molar refractivity (Wildman–Crippen MR) is 192 cm³/mol. The van der Waals surface area contributed by atoms with E-state index in [0.29, 0.717) is 0 Å². The molecule has 0 bridgehead atoms. The summed E-state index contributed by atoms with van der Waals surface area (Å²) in [5.74, 6) is -8.50. The first-order valence-electron chi connectivity index (χ1n) is 15.4. The molecular weight excluding hydrogens is 764 g/mol. The van der Waals surface area contributed by atoms with Crippen molar-refractivity contribution < 1.29 is 99.6 Å². The lowest BCUT2D eigenvalue weighted by Gasteiger charge is -2.23. The van der Waals surface area contributed by atoms with Crippen molar-refractivity contribution >= 4 is 47.8 Å². The molecule has 0 amide bonds. The van der Waals surface area contributed by atoms with Crippen LogP contribution in [0.2, 0.25) is 0 Å². The maximum absolute atomic E-state index is 10.3. The quantitative estimate of drug-likeness (QED) is 0.0977. The Morgan fingerprint density at radius 1 is 0.263 bits per heavy atom. The molecule has 20 heteroatoms. The van der Waals surface area contributed by atoms with Crippen molar-refractivity contribution in [1.29, 1.82) is 0 Å². The second-order valence-corrected chi connectivity index (χ2v) is 10.9. The number of carboxylic acid groups (broad SMARTS) is 8. The van der Waals surface area contributed by atoms with Gasteiger partial charge in [-0.15, -0.1) is 0 Å². The van der Waals surface area contributed by atoms with E-state index >= 15 is 0 Å². The van der Waals surface area contributed by atoms with Gasteiger partial charge in [-0.1, -0.05) is 0 Å². The van der Waals surface area contributed by atoms with E-state index in [0.717, 1.165) is 0 Å². The highest BCUT2D eigenvalue weighted by atomic mass is 16.4. The molecular formula is C37H36O20. The Bertz CT molecular complexity index is 1540. The number of benzene rings is 4. The highest BCUT2D eigenvalue weighted by Crippen LogP contribution is 2.12. The van der Waals surface area contributed by atoms with E-state index in [4.69, 9.17) is 61.3 Å². The van der Waals surface area contributed by atoms with Gasteiger partial charge in [-0.2, -0.15) is 0 Å². The SMILES string of the molecule is O=C(O)c1ccc(C(=O)O)cc1.O=C(O)c1ccc(C(=O)O)cc1.O=C(O)c1ccc(C(=O)O)cc1.O=C(O)c1ccc(C(=O)O)cc1.OCC(CO)(CO)CO. The third-order valence-electron chi connectivity index (χ3n) is 6.86. The molecule has 0 heterocycles. The number of aliphatic hydroxyl groups excluding tert-OH is 4. The lowest BCUT2D eigenvalue weighted by atomic mass is 9.93. The van der Waals surface area contributed by atoms with Crippen LogP contribution in [0.3, 0.4) is 0 Å². The molecule has 0 saturated heterocycles. The Balaban J connectivity index is 0.000000691. The molecule has 0 aliphatic heterocycles. The molecule has 4 aromatic rings. The molecule has 0 spiro atoms. The number of hydrogen-bond donors (Lipinski definition) is 12. The van der Waals surface area contributed by atoms with Crippen LogP contribution in [0.25, 0.3) is 0 Å². The second kappa shape index (κ2) is 24.7. The summed E-state index contributed by atoms with van der Waals surface area (Å²) in [6, 6.07) is 20.1. The Hall–Kier alpha value is -7.52. The number of aliphatic hydroxyl groups is 4. The zero-order valence-electron chi connectivity index (χ0n) is 29.2. The third-order valence-corrected chi connectivity index (χ3v) is 6.86. The van der Waals surface area contributed by atoms with Gasteiger partial charge in [0, 0.05) is 0 Å². The lowest BCUT2D eigenvalue weighted by molar-refractivity contribution is -0.0328. The van der Waals surface area contributed by atoms with Crippen molar-refractivity contribution in [3.05, 3.63) is 142 Å². The van der Waals surface area contributed by atoms with E-state index in [2.05, 4.69) is 0 Å². The maximum Gasteiger partial charge on any atom is 0.335 e. The van der Waals surface area contributed by atoms with Gasteiger partial charge in [0.05, 0.1) is 76.4 Å². The van der Waals surface area contributed by atoms with Crippen LogP contribution < -0.4 is 0 Å². The Morgan fingerprint density at radius 2 is 0.351 bits per heavy atom. The highest BCUT2D eigenvalue weighted by Gasteiger charge is 2.26. The topological polar surface area (TPSA) is 379 Å². The van der Waals surface area contributed by atoms with Crippen LogP contribution in [-0.2, 0) is 0 Å². The molecule has 0 aliphatic rings.